The SMILES string of the molecule is CCCCNC(=O)C(Cc1ccccc1)N(Cc1c(Cl)cccc1Cl)C(=O)CN(c1cc(Cl)ccc1Cl)S(=O)(=O)c1ccc(C)cc1. The number of carbonyl (C=O) groups is 2. The number of unbranched alkanes of at least 4 members (excludes halogenated alkanes) is 1. The maximum absolute atomic E-state index is 14.6. The van der Waals surface area contributed by atoms with Gasteiger partial charge in [-0.1, -0.05) is 114 Å². The molecule has 0 spiro atoms. The zero-order valence-corrected chi connectivity index (χ0v) is 29.8. The summed E-state index contributed by atoms with van der Waals surface area (Å²) in [7, 11) is -4.36. The Kier molecular flexibility index (Phi) is 13.0. The van der Waals surface area contributed by atoms with Crippen LogP contribution >= 0.6 is 46.4 Å². The predicted molar refractivity (Wildman–Crippen MR) is 191 cm³/mol. The molecule has 2 amide bonds. The van der Waals surface area contributed by atoms with Gasteiger partial charge in [0.05, 0.1) is 15.6 Å². The van der Waals surface area contributed by atoms with Crippen LogP contribution < -0.4 is 9.62 Å². The van der Waals surface area contributed by atoms with E-state index in [1.54, 1.807) is 30.3 Å². The third-order valence-corrected chi connectivity index (χ3v) is 10.6. The van der Waals surface area contributed by atoms with Crippen molar-refractivity contribution in [1.82, 2.24) is 10.2 Å². The van der Waals surface area contributed by atoms with Crippen LogP contribution in [0.5, 0.6) is 0 Å². The summed E-state index contributed by atoms with van der Waals surface area (Å²) in [5, 5.41) is 3.82. The molecule has 1 atom stereocenters. The number of aryl methyl sites for hydroxylation is 1. The maximum atomic E-state index is 14.6. The van der Waals surface area contributed by atoms with E-state index >= 15 is 0 Å². The van der Waals surface area contributed by atoms with Gasteiger partial charge >= 0.3 is 0 Å². The molecule has 0 saturated heterocycles. The first-order valence-corrected chi connectivity index (χ1v) is 18.0. The Balaban J connectivity index is 1.85. The van der Waals surface area contributed by atoms with Crippen molar-refractivity contribution in [1.29, 1.82) is 0 Å². The van der Waals surface area contributed by atoms with Crippen molar-refractivity contribution < 1.29 is 18.0 Å². The molecular formula is C35H35Cl4N3O4S. The Hall–Kier alpha value is -3.27. The van der Waals surface area contributed by atoms with Crippen LogP contribution in [0.4, 0.5) is 5.69 Å². The van der Waals surface area contributed by atoms with Crippen molar-refractivity contribution in [3.63, 3.8) is 0 Å². The van der Waals surface area contributed by atoms with Gasteiger partial charge in [0.1, 0.15) is 12.6 Å². The minimum absolute atomic E-state index is 0.0100. The van der Waals surface area contributed by atoms with Crippen molar-refractivity contribution >= 4 is 73.9 Å². The summed E-state index contributed by atoms with van der Waals surface area (Å²) in [6.45, 7) is 3.37. The molecular weight excluding hydrogens is 700 g/mol. The molecule has 0 fully saturated rings. The minimum Gasteiger partial charge on any atom is -0.354 e. The predicted octanol–water partition coefficient (Wildman–Crippen LogP) is 8.36. The molecule has 12 heteroatoms. The summed E-state index contributed by atoms with van der Waals surface area (Å²) in [4.78, 5) is 29.8. The van der Waals surface area contributed by atoms with E-state index in [1.807, 2.05) is 44.2 Å². The first-order valence-electron chi connectivity index (χ1n) is 15.0. The topological polar surface area (TPSA) is 86.8 Å². The third-order valence-electron chi connectivity index (χ3n) is 7.56. The number of halogens is 4. The lowest BCUT2D eigenvalue weighted by molar-refractivity contribution is -0.140. The number of carbonyl (C=O) groups excluding carboxylic acids is 2. The molecule has 0 bridgehead atoms. The van der Waals surface area contributed by atoms with Crippen LogP contribution in [0.25, 0.3) is 0 Å². The van der Waals surface area contributed by atoms with Gasteiger partial charge in [0.2, 0.25) is 11.8 Å². The van der Waals surface area contributed by atoms with E-state index in [0.29, 0.717) is 22.2 Å². The van der Waals surface area contributed by atoms with Crippen molar-refractivity contribution in [3.05, 3.63) is 128 Å². The van der Waals surface area contributed by atoms with E-state index in [1.165, 1.54) is 35.2 Å². The third kappa shape index (κ3) is 9.42. The lowest BCUT2D eigenvalue weighted by atomic mass is 10.0. The van der Waals surface area contributed by atoms with Gasteiger partial charge in [0, 0.05) is 40.1 Å². The second-order valence-corrected chi connectivity index (χ2v) is 14.5. The van der Waals surface area contributed by atoms with Gasteiger partial charge in [-0.15, -0.1) is 0 Å². The Morgan fingerprint density at radius 2 is 1.49 bits per heavy atom. The molecule has 0 saturated carbocycles. The van der Waals surface area contributed by atoms with E-state index in [4.69, 9.17) is 46.4 Å². The Labute approximate surface area is 296 Å². The van der Waals surface area contributed by atoms with Gasteiger partial charge in [-0.25, -0.2) is 8.42 Å². The Morgan fingerprint density at radius 1 is 0.830 bits per heavy atom. The molecule has 248 valence electrons. The number of hydrogen-bond acceptors (Lipinski definition) is 4. The van der Waals surface area contributed by atoms with Crippen LogP contribution in [0.2, 0.25) is 20.1 Å². The highest BCUT2D eigenvalue weighted by atomic mass is 35.5. The first-order chi connectivity index (χ1) is 22.4. The summed E-state index contributed by atoms with van der Waals surface area (Å²) in [5.74, 6) is -1.08. The average molecular weight is 736 g/mol. The number of anilines is 1. The summed E-state index contributed by atoms with van der Waals surface area (Å²) in [5.41, 5.74) is 2.08. The van der Waals surface area contributed by atoms with Gasteiger partial charge in [0.15, 0.2) is 0 Å². The second-order valence-electron chi connectivity index (χ2n) is 11.0. The van der Waals surface area contributed by atoms with Gasteiger partial charge in [-0.2, -0.15) is 0 Å². The monoisotopic (exact) mass is 733 g/mol. The van der Waals surface area contributed by atoms with E-state index in [2.05, 4.69) is 5.32 Å². The molecule has 4 rings (SSSR count). The molecule has 7 nitrogen and oxygen atoms in total. The number of nitrogens with one attached hydrogen (secondary N) is 1. The standard InChI is InChI=1S/C35H35Cl4N3O4S/c1-3-4-19-40-35(44)33(20-25-9-6-5-7-10-25)41(22-28-29(37)11-8-12-30(28)38)34(43)23-42(32-21-26(36)15-18-31(32)39)47(45,46)27-16-13-24(2)14-17-27/h5-18,21,33H,3-4,19-20,22-23H2,1-2H3,(H,40,44). The lowest BCUT2D eigenvalue weighted by Crippen LogP contribution is -2.53. The maximum Gasteiger partial charge on any atom is 0.264 e. The molecule has 47 heavy (non-hydrogen) atoms. The minimum atomic E-state index is -4.36. The van der Waals surface area contributed by atoms with Gasteiger partial charge in [-0.05, 0) is 61.4 Å². The largest absolute Gasteiger partial charge is 0.354 e. The average Bonchev–Trinajstić information content (AvgIpc) is 3.04. The van der Waals surface area contributed by atoms with Gasteiger partial charge in [-0.3, -0.25) is 13.9 Å². The van der Waals surface area contributed by atoms with Crippen LogP contribution in [0.3, 0.4) is 0 Å². The van der Waals surface area contributed by atoms with Crippen molar-refractivity contribution in [2.75, 3.05) is 17.4 Å². The molecule has 0 aliphatic heterocycles. The number of nitrogens with zero attached hydrogens (tertiary/aromatic N) is 2. The van der Waals surface area contributed by atoms with Crippen molar-refractivity contribution in [3.8, 4) is 0 Å². The molecule has 4 aromatic carbocycles. The van der Waals surface area contributed by atoms with Crippen LogP contribution in [0.15, 0.2) is 95.9 Å². The molecule has 0 radical (unpaired) electrons. The van der Waals surface area contributed by atoms with Gasteiger partial charge < -0.3 is 10.2 Å². The lowest BCUT2D eigenvalue weighted by Gasteiger charge is -2.34. The molecule has 0 aliphatic rings. The van der Waals surface area contributed by atoms with Crippen LogP contribution in [-0.2, 0) is 32.6 Å². The van der Waals surface area contributed by atoms with Crippen LogP contribution in [-0.4, -0.2) is 44.3 Å². The molecule has 0 aromatic heterocycles. The molecule has 1 N–H and O–H groups in total. The molecule has 1 unspecified atom stereocenters. The summed E-state index contributed by atoms with van der Waals surface area (Å²) < 4.78 is 29.4. The molecule has 4 aromatic rings. The van der Waals surface area contributed by atoms with E-state index in [0.717, 1.165) is 28.3 Å². The number of sulfonamides is 1. The van der Waals surface area contributed by atoms with Gasteiger partial charge in [0.25, 0.3) is 10.0 Å². The fourth-order valence-electron chi connectivity index (χ4n) is 4.94. The fraction of sp³-hybridized carbons (Fsp3) is 0.257. The van der Waals surface area contributed by atoms with Crippen molar-refractivity contribution in [2.24, 2.45) is 0 Å². The smallest absolute Gasteiger partial charge is 0.264 e. The summed E-state index contributed by atoms with van der Waals surface area (Å²) in [6.07, 6.45) is 1.74. The normalized spacial score (nSPS) is 12.0. The highest BCUT2D eigenvalue weighted by molar-refractivity contribution is 7.92. The quantitative estimate of drug-likeness (QED) is 0.132. The summed E-state index contributed by atoms with van der Waals surface area (Å²) >= 11 is 26.0. The zero-order valence-electron chi connectivity index (χ0n) is 25.9. The van der Waals surface area contributed by atoms with Crippen LogP contribution in [0.1, 0.15) is 36.5 Å². The number of amides is 2. The van der Waals surface area contributed by atoms with E-state index < -0.39 is 34.4 Å². The zero-order chi connectivity index (χ0) is 34.1. The highest BCUT2D eigenvalue weighted by Gasteiger charge is 2.36. The number of benzene rings is 4. The van der Waals surface area contributed by atoms with E-state index in [9.17, 15) is 18.0 Å². The number of hydrogen-bond donors (Lipinski definition) is 1. The fourth-order valence-corrected chi connectivity index (χ4v) is 7.32. The Bertz CT molecular complexity index is 1790. The molecule has 0 aliphatic carbocycles. The first kappa shape index (κ1) is 36.6. The highest BCUT2D eigenvalue weighted by Crippen LogP contribution is 2.34. The number of rotatable bonds is 14. The molecule has 0 heterocycles. The second kappa shape index (κ2) is 16.7. The van der Waals surface area contributed by atoms with E-state index in [-0.39, 0.29) is 33.6 Å². The summed E-state index contributed by atoms with van der Waals surface area (Å²) in [6, 6.07) is 23.8. The van der Waals surface area contributed by atoms with Crippen LogP contribution in [0, 0.1) is 6.92 Å². The Morgan fingerprint density at radius 3 is 2.13 bits per heavy atom. The van der Waals surface area contributed by atoms with Crippen molar-refractivity contribution in [2.45, 2.75) is 50.6 Å².